The number of benzene rings is 1. The van der Waals surface area contributed by atoms with Crippen molar-refractivity contribution in [3.05, 3.63) is 34.9 Å². The molecule has 0 saturated heterocycles. The predicted octanol–water partition coefficient (Wildman–Crippen LogP) is 4.83. The molecule has 0 saturated carbocycles. The predicted molar refractivity (Wildman–Crippen MR) is 68.0 cm³/mol. The van der Waals surface area contributed by atoms with Gasteiger partial charge in [0.25, 0.3) is 0 Å². The van der Waals surface area contributed by atoms with E-state index in [1.54, 1.807) is 6.92 Å². The number of rotatable bonds is 5. The number of hydrogen-bond acceptors (Lipinski definition) is 1. The lowest BCUT2D eigenvalue weighted by Crippen LogP contribution is -2.21. The Kier molecular flexibility index (Phi) is 5.67. The third kappa shape index (κ3) is 5.22. The third-order valence-corrected chi connectivity index (χ3v) is 3.06. The minimum absolute atomic E-state index is 0.0285. The largest absolute Gasteiger partial charge is 0.416 e. The van der Waals surface area contributed by atoms with Gasteiger partial charge in [0, 0.05) is 6.54 Å². The van der Waals surface area contributed by atoms with Crippen molar-refractivity contribution in [2.45, 2.75) is 38.5 Å². The fraction of sp³-hybridized carbons (Fsp3) is 0.571. The Morgan fingerprint density at radius 2 is 1.43 bits per heavy atom. The SMILES string of the molecule is CCCNCC(C)c1cc(C(F)(F)F)cc(C(F)(F)F)c1. The Morgan fingerprint density at radius 1 is 0.952 bits per heavy atom. The summed E-state index contributed by atoms with van der Waals surface area (Å²) < 4.78 is 76.3. The average molecular weight is 313 g/mol. The van der Waals surface area contributed by atoms with Gasteiger partial charge >= 0.3 is 12.4 Å². The summed E-state index contributed by atoms with van der Waals surface area (Å²) in [6.07, 6.45) is -8.76. The zero-order valence-corrected chi connectivity index (χ0v) is 11.7. The highest BCUT2D eigenvalue weighted by atomic mass is 19.4. The van der Waals surface area contributed by atoms with E-state index in [0.29, 0.717) is 13.1 Å². The number of alkyl halides is 6. The Bertz CT molecular complexity index is 431. The van der Waals surface area contributed by atoms with Crippen molar-refractivity contribution in [2.24, 2.45) is 0 Å². The zero-order valence-electron chi connectivity index (χ0n) is 11.7. The van der Waals surface area contributed by atoms with Crippen LogP contribution in [0, 0.1) is 0 Å². The summed E-state index contributed by atoms with van der Waals surface area (Å²) >= 11 is 0. The molecule has 1 unspecified atom stereocenters. The van der Waals surface area contributed by atoms with E-state index in [1.165, 1.54) is 0 Å². The van der Waals surface area contributed by atoms with Gasteiger partial charge in [-0.1, -0.05) is 13.8 Å². The van der Waals surface area contributed by atoms with Gasteiger partial charge in [0.1, 0.15) is 0 Å². The first-order valence-corrected chi connectivity index (χ1v) is 6.55. The number of halogens is 6. The molecule has 0 radical (unpaired) electrons. The number of nitrogens with one attached hydrogen (secondary N) is 1. The Balaban J connectivity index is 3.13. The van der Waals surface area contributed by atoms with Gasteiger partial charge in [-0.25, -0.2) is 0 Å². The van der Waals surface area contributed by atoms with Crippen LogP contribution < -0.4 is 5.32 Å². The van der Waals surface area contributed by atoms with Gasteiger partial charge in [-0.15, -0.1) is 0 Å². The molecule has 1 N–H and O–H groups in total. The minimum atomic E-state index is -4.80. The lowest BCUT2D eigenvalue weighted by atomic mass is 9.95. The number of hydrogen-bond donors (Lipinski definition) is 1. The van der Waals surface area contributed by atoms with Gasteiger partial charge in [0.15, 0.2) is 0 Å². The van der Waals surface area contributed by atoms with Crippen LogP contribution in [0.15, 0.2) is 18.2 Å². The summed E-state index contributed by atoms with van der Waals surface area (Å²) in [6.45, 7) is 4.50. The van der Waals surface area contributed by atoms with E-state index in [2.05, 4.69) is 5.32 Å². The van der Waals surface area contributed by atoms with Gasteiger partial charge in [-0.05, 0) is 42.6 Å². The van der Waals surface area contributed by atoms with Crippen LogP contribution in [0.5, 0.6) is 0 Å². The summed E-state index contributed by atoms with van der Waals surface area (Å²) in [5.74, 6) is -0.444. The molecule has 0 bridgehead atoms. The summed E-state index contributed by atoms with van der Waals surface area (Å²) in [5, 5.41) is 2.99. The Labute approximate surface area is 119 Å². The second-order valence-corrected chi connectivity index (χ2v) is 4.94. The maximum absolute atomic E-state index is 12.7. The van der Waals surface area contributed by atoms with E-state index < -0.39 is 29.4 Å². The molecule has 1 rings (SSSR count). The molecule has 0 aliphatic rings. The lowest BCUT2D eigenvalue weighted by molar-refractivity contribution is -0.143. The fourth-order valence-corrected chi connectivity index (χ4v) is 1.88. The molecule has 120 valence electrons. The maximum Gasteiger partial charge on any atom is 0.416 e. The average Bonchev–Trinajstić information content (AvgIpc) is 2.36. The first-order valence-electron chi connectivity index (χ1n) is 6.55. The van der Waals surface area contributed by atoms with E-state index in [4.69, 9.17) is 0 Å². The summed E-state index contributed by atoms with van der Waals surface area (Å²) in [4.78, 5) is 0. The van der Waals surface area contributed by atoms with Crippen molar-refractivity contribution < 1.29 is 26.3 Å². The van der Waals surface area contributed by atoms with Crippen molar-refractivity contribution in [3.63, 3.8) is 0 Å². The molecule has 1 aromatic rings. The van der Waals surface area contributed by atoms with Crippen LogP contribution in [0.3, 0.4) is 0 Å². The monoisotopic (exact) mass is 313 g/mol. The van der Waals surface area contributed by atoms with Crippen LogP contribution in [-0.4, -0.2) is 13.1 Å². The molecule has 0 amide bonds. The molecule has 1 aromatic carbocycles. The van der Waals surface area contributed by atoms with Gasteiger partial charge in [-0.2, -0.15) is 26.3 Å². The molecular formula is C14H17F6N. The first kappa shape index (κ1) is 17.8. The maximum atomic E-state index is 12.7. The molecule has 0 heterocycles. The zero-order chi connectivity index (χ0) is 16.3. The van der Waals surface area contributed by atoms with Crippen molar-refractivity contribution in [3.8, 4) is 0 Å². The standard InChI is InChI=1S/C14H17F6N/c1-3-4-21-8-9(2)10-5-11(13(15,16)17)7-12(6-10)14(18,19)20/h5-7,9,21H,3-4,8H2,1-2H3. The molecular weight excluding hydrogens is 296 g/mol. The van der Waals surface area contributed by atoms with E-state index in [0.717, 1.165) is 18.6 Å². The smallest absolute Gasteiger partial charge is 0.316 e. The third-order valence-electron chi connectivity index (χ3n) is 3.06. The Morgan fingerprint density at radius 3 is 1.81 bits per heavy atom. The second kappa shape index (κ2) is 6.68. The molecule has 1 nitrogen and oxygen atoms in total. The van der Waals surface area contributed by atoms with Crippen molar-refractivity contribution in [2.75, 3.05) is 13.1 Å². The van der Waals surface area contributed by atoms with Crippen LogP contribution >= 0.6 is 0 Å². The molecule has 0 aliphatic heterocycles. The highest BCUT2D eigenvalue weighted by Crippen LogP contribution is 2.37. The topological polar surface area (TPSA) is 12.0 Å². The van der Waals surface area contributed by atoms with Crippen molar-refractivity contribution >= 4 is 0 Å². The molecule has 0 spiro atoms. The van der Waals surface area contributed by atoms with Crippen molar-refractivity contribution in [1.82, 2.24) is 5.32 Å². The Hall–Kier alpha value is -1.24. The first-order chi connectivity index (χ1) is 9.55. The van der Waals surface area contributed by atoms with Gasteiger partial charge < -0.3 is 5.32 Å². The quantitative estimate of drug-likeness (QED) is 0.606. The van der Waals surface area contributed by atoms with Crippen LogP contribution in [-0.2, 0) is 12.4 Å². The molecule has 0 aliphatic carbocycles. The van der Waals surface area contributed by atoms with Gasteiger partial charge in [-0.3, -0.25) is 0 Å². The second-order valence-electron chi connectivity index (χ2n) is 4.94. The van der Waals surface area contributed by atoms with Gasteiger partial charge in [0.05, 0.1) is 11.1 Å². The van der Waals surface area contributed by atoms with E-state index in [1.807, 2.05) is 6.92 Å². The van der Waals surface area contributed by atoms with E-state index in [9.17, 15) is 26.3 Å². The van der Waals surface area contributed by atoms with Crippen LogP contribution in [0.4, 0.5) is 26.3 Å². The molecule has 1 atom stereocenters. The summed E-state index contributed by atoms with van der Waals surface area (Å²) in [6, 6.07) is 1.72. The van der Waals surface area contributed by atoms with Crippen LogP contribution in [0.2, 0.25) is 0 Å². The van der Waals surface area contributed by atoms with E-state index >= 15 is 0 Å². The van der Waals surface area contributed by atoms with E-state index in [-0.39, 0.29) is 11.6 Å². The molecule has 7 heteroatoms. The minimum Gasteiger partial charge on any atom is -0.316 e. The molecule has 0 fully saturated rings. The van der Waals surface area contributed by atoms with Crippen LogP contribution in [0.1, 0.15) is 42.9 Å². The van der Waals surface area contributed by atoms with Gasteiger partial charge in [0.2, 0.25) is 0 Å². The summed E-state index contributed by atoms with van der Waals surface area (Å²) in [7, 11) is 0. The highest BCUT2D eigenvalue weighted by Gasteiger charge is 2.37. The summed E-state index contributed by atoms with van der Waals surface area (Å²) in [5.41, 5.74) is -2.51. The molecule has 21 heavy (non-hydrogen) atoms. The normalized spacial score (nSPS) is 14.3. The highest BCUT2D eigenvalue weighted by molar-refractivity contribution is 5.35. The van der Waals surface area contributed by atoms with Crippen molar-refractivity contribution in [1.29, 1.82) is 0 Å². The molecule has 0 aromatic heterocycles. The fourth-order valence-electron chi connectivity index (χ4n) is 1.88. The lowest BCUT2D eigenvalue weighted by Gasteiger charge is -2.18. The van der Waals surface area contributed by atoms with Crippen LogP contribution in [0.25, 0.3) is 0 Å².